The van der Waals surface area contributed by atoms with Gasteiger partial charge in [-0.15, -0.1) is 0 Å². The molecule has 1 saturated carbocycles. The quantitative estimate of drug-likeness (QED) is 0.814. The predicted molar refractivity (Wildman–Crippen MR) is 63.6 cm³/mol. The van der Waals surface area contributed by atoms with E-state index in [1.54, 1.807) is 26.6 Å². The van der Waals surface area contributed by atoms with E-state index in [0.717, 1.165) is 24.8 Å². The van der Waals surface area contributed by atoms with Gasteiger partial charge in [0.2, 0.25) is 0 Å². The molecule has 1 N–H and O–H groups in total. The molecule has 2 atom stereocenters. The molecular weight excluding hydrogens is 218 g/mol. The highest BCUT2D eigenvalue weighted by atomic mass is 16.7. The molecule has 94 valence electrons. The van der Waals surface area contributed by atoms with Crippen LogP contribution in [-0.4, -0.2) is 30.4 Å². The summed E-state index contributed by atoms with van der Waals surface area (Å²) in [4.78, 5) is 4.13. The number of rotatable bonds is 4. The summed E-state index contributed by atoms with van der Waals surface area (Å²) >= 11 is 0. The van der Waals surface area contributed by atoms with Crippen molar-refractivity contribution >= 4 is 0 Å². The lowest BCUT2D eigenvalue weighted by atomic mass is 9.94. The summed E-state index contributed by atoms with van der Waals surface area (Å²) in [5.41, 5.74) is 2.15. The van der Waals surface area contributed by atoms with Crippen molar-refractivity contribution in [2.45, 2.75) is 37.6 Å². The van der Waals surface area contributed by atoms with E-state index in [0.29, 0.717) is 5.92 Å². The van der Waals surface area contributed by atoms with Crippen LogP contribution in [0.15, 0.2) is 18.5 Å². The fourth-order valence-corrected chi connectivity index (χ4v) is 2.58. The first-order valence-corrected chi connectivity index (χ1v) is 5.93. The minimum absolute atomic E-state index is 0.176. The zero-order valence-corrected chi connectivity index (χ0v) is 10.3. The number of hydrogen-bond donors (Lipinski definition) is 1. The zero-order valence-electron chi connectivity index (χ0n) is 10.3. The van der Waals surface area contributed by atoms with Crippen molar-refractivity contribution in [2.24, 2.45) is 0 Å². The van der Waals surface area contributed by atoms with Crippen LogP contribution in [0.4, 0.5) is 0 Å². The van der Waals surface area contributed by atoms with Gasteiger partial charge in [-0.1, -0.05) is 0 Å². The molecule has 0 aliphatic heterocycles. The van der Waals surface area contributed by atoms with Crippen LogP contribution < -0.4 is 0 Å². The lowest BCUT2D eigenvalue weighted by molar-refractivity contribution is -0.106. The van der Waals surface area contributed by atoms with Crippen LogP contribution in [0.25, 0.3) is 0 Å². The molecule has 1 heterocycles. The number of aromatic nitrogens is 1. The topological polar surface area (TPSA) is 51.6 Å². The molecule has 0 amide bonds. The van der Waals surface area contributed by atoms with Crippen molar-refractivity contribution in [3.63, 3.8) is 0 Å². The number of nitrogens with zero attached hydrogens (tertiary/aromatic N) is 1. The predicted octanol–water partition coefficient (Wildman–Crippen LogP) is 2.00. The summed E-state index contributed by atoms with van der Waals surface area (Å²) in [5, 5.41) is 9.63. The molecule has 1 aromatic heterocycles. The lowest BCUT2D eigenvalue weighted by Gasteiger charge is -2.20. The van der Waals surface area contributed by atoms with Crippen molar-refractivity contribution in [2.75, 3.05) is 14.2 Å². The molecule has 1 aromatic rings. The van der Waals surface area contributed by atoms with E-state index in [9.17, 15) is 5.11 Å². The van der Waals surface area contributed by atoms with Crippen LogP contribution >= 0.6 is 0 Å². The Labute approximate surface area is 102 Å². The summed E-state index contributed by atoms with van der Waals surface area (Å²) in [5.74, 6) is 0.385. The van der Waals surface area contributed by atoms with Gasteiger partial charge in [0.1, 0.15) is 0 Å². The van der Waals surface area contributed by atoms with Crippen LogP contribution in [0.2, 0.25) is 0 Å². The monoisotopic (exact) mass is 237 g/mol. The van der Waals surface area contributed by atoms with Gasteiger partial charge >= 0.3 is 0 Å². The van der Waals surface area contributed by atoms with Crippen molar-refractivity contribution in [1.82, 2.24) is 4.98 Å². The van der Waals surface area contributed by atoms with Gasteiger partial charge in [0.25, 0.3) is 0 Å². The maximum atomic E-state index is 9.63. The minimum atomic E-state index is -0.378. The Morgan fingerprint density at radius 1 is 1.35 bits per heavy atom. The van der Waals surface area contributed by atoms with Crippen molar-refractivity contribution < 1.29 is 14.6 Å². The van der Waals surface area contributed by atoms with E-state index in [1.807, 2.05) is 6.07 Å². The number of aliphatic hydroxyl groups is 1. The number of methoxy groups -OCH3 is 2. The molecule has 4 nitrogen and oxygen atoms in total. The molecule has 1 fully saturated rings. The number of ether oxygens (including phenoxy) is 2. The Kier molecular flexibility index (Phi) is 4.10. The average molecular weight is 237 g/mol. The Bertz CT molecular complexity index is 365. The van der Waals surface area contributed by atoms with Crippen LogP contribution in [0.1, 0.15) is 42.6 Å². The van der Waals surface area contributed by atoms with E-state index in [2.05, 4.69) is 4.98 Å². The molecule has 2 rings (SSSR count). The fraction of sp³-hybridized carbons (Fsp3) is 0.615. The highest BCUT2D eigenvalue weighted by molar-refractivity contribution is 5.29. The standard InChI is InChI=1S/C13H19NO3/c1-16-13(17-2)12-8-14-6-5-11(12)9-3-4-10(15)7-9/h5-6,8-10,13,15H,3-4,7H2,1-2H3. The van der Waals surface area contributed by atoms with Gasteiger partial charge in [0, 0.05) is 32.2 Å². The van der Waals surface area contributed by atoms with E-state index < -0.39 is 0 Å². The van der Waals surface area contributed by atoms with Crippen molar-refractivity contribution in [1.29, 1.82) is 0 Å². The van der Waals surface area contributed by atoms with Crippen LogP contribution in [0.5, 0.6) is 0 Å². The highest BCUT2D eigenvalue weighted by Crippen LogP contribution is 2.37. The molecule has 0 saturated heterocycles. The van der Waals surface area contributed by atoms with Gasteiger partial charge in [-0.3, -0.25) is 4.98 Å². The Morgan fingerprint density at radius 2 is 2.12 bits per heavy atom. The molecular formula is C13H19NO3. The third-order valence-corrected chi connectivity index (χ3v) is 3.41. The maximum Gasteiger partial charge on any atom is 0.184 e. The first kappa shape index (κ1) is 12.5. The number of pyridine rings is 1. The summed E-state index contributed by atoms with van der Waals surface area (Å²) < 4.78 is 10.6. The largest absolute Gasteiger partial charge is 0.393 e. The molecule has 4 heteroatoms. The molecule has 0 radical (unpaired) electrons. The molecule has 0 spiro atoms. The highest BCUT2D eigenvalue weighted by Gasteiger charge is 2.27. The molecule has 17 heavy (non-hydrogen) atoms. The second-order valence-corrected chi connectivity index (χ2v) is 4.47. The maximum absolute atomic E-state index is 9.63. The lowest BCUT2D eigenvalue weighted by Crippen LogP contribution is -2.10. The smallest absolute Gasteiger partial charge is 0.184 e. The van der Waals surface area contributed by atoms with E-state index in [1.165, 1.54) is 5.56 Å². The first-order chi connectivity index (χ1) is 8.26. The zero-order chi connectivity index (χ0) is 12.3. The molecule has 0 aromatic carbocycles. The Balaban J connectivity index is 2.27. The van der Waals surface area contributed by atoms with Gasteiger partial charge in [0.15, 0.2) is 6.29 Å². The number of aliphatic hydroxyl groups excluding tert-OH is 1. The molecule has 0 bridgehead atoms. The molecule has 2 unspecified atom stereocenters. The fourth-order valence-electron chi connectivity index (χ4n) is 2.58. The second-order valence-electron chi connectivity index (χ2n) is 4.47. The van der Waals surface area contributed by atoms with Crippen molar-refractivity contribution in [3.05, 3.63) is 29.6 Å². The summed E-state index contributed by atoms with van der Waals surface area (Å²) in [6.07, 6.45) is 5.72. The number of hydrogen-bond acceptors (Lipinski definition) is 4. The second kappa shape index (κ2) is 5.58. The van der Waals surface area contributed by atoms with Gasteiger partial charge in [-0.05, 0) is 36.8 Å². The normalized spacial score (nSPS) is 24.5. The minimum Gasteiger partial charge on any atom is -0.393 e. The van der Waals surface area contributed by atoms with Gasteiger partial charge < -0.3 is 14.6 Å². The summed E-state index contributed by atoms with van der Waals surface area (Å²) in [6.45, 7) is 0. The third-order valence-electron chi connectivity index (χ3n) is 3.41. The summed E-state index contributed by atoms with van der Waals surface area (Å²) in [7, 11) is 3.24. The van der Waals surface area contributed by atoms with Gasteiger partial charge in [-0.25, -0.2) is 0 Å². The van der Waals surface area contributed by atoms with Crippen LogP contribution in [-0.2, 0) is 9.47 Å². The molecule has 1 aliphatic carbocycles. The SMILES string of the molecule is COC(OC)c1cnccc1C1CCC(O)C1. The van der Waals surface area contributed by atoms with Gasteiger partial charge in [0.05, 0.1) is 6.10 Å². The third kappa shape index (κ3) is 2.65. The molecule has 1 aliphatic rings. The van der Waals surface area contributed by atoms with Crippen LogP contribution in [0.3, 0.4) is 0 Å². The van der Waals surface area contributed by atoms with Gasteiger partial charge in [-0.2, -0.15) is 0 Å². The Morgan fingerprint density at radius 3 is 2.71 bits per heavy atom. The van der Waals surface area contributed by atoms with Crippen LogP contribution in [0, 0.1) is 0 Å². The van der Waals surface area contributed by atoms with E-state index in [4.69, 9.17) is 9.47 Å². The first-order valence-electron chi connectivity index (χ1n) is 5.93. The van der Waals surface area contributed by atoms with E-state index >= 15 is 0 Å². The van der Waals surface area contributed by atoms with Crippen molar-refractivity contribution in [3.8, 4) is 0 Å². The average Bonchev–Trinajstić information content (AvgIpc) is 2.78. The Hall–Kier alpha value is -0.970. The summed E-state index contributed by atoms with van der Waals surface area (Å²) in [6, 6.07) is 2.00. The van der Waals surface area contributed by atoms with E-state index in [-0.39, 0.29) is 12.4 Å².